The molecule has 2 heterocycles. The van der Waals surface area contributed by atoms with Gasteiger partial charge < -0.3 is 24.3 Å². The van der Waals surface area contributed by atoms with Crippen molar-refractivity contribution in [2.45, 2.75) is 6.92 Å². The van der Waals surface area contributed by atoms with Crippen LogP contribution in [0.4, 0.5) is 0 Å². The number of piperazine rings is 1. The smallest absolute Gasteiger partial charge is 0.289 e. The number of rotatable bonds is 5. The molecule has 152 valence electrons. The minimum atomic E-state index is -0.0609. The zero-order valence-electron chi connectivity index (χ0n) is 16.3. The molecule has 1 N–H and O–H groups in total. The summed E-state index contributed by atoms with van der Waals surface area (Å²) in [7, 11) is 1.77. The lowest BCUT2D eigenvalue weighted by atomic mass is 10.2. The minimum Gasteiger partial charge on any atom is -0.491 e. The van der Waals surface area contributed by atoms with E-state index in [-0.39, 0.29) is 29.9 Å². The van der Waals surface area contributed by atoms with Gasteiger partial charge in [-0.3, -0.25) is 9.79 Å². The highest BCUT2D eigenvalue weighted by atomic mass is 127. The molecule has 8 heteroatoms. The summed E-state index contributed by atoms with van der Waals surface area (Å²) in [5.74, 6) is 2.06. The van der Waals surface area contributed by atoms with E-state index < -0.39 is 0 Å². The zero-order valence-corrected chi connectivity index (χ0v) is 18.6. The number of halogens is 1. The first kappa shape index (κ1) is 22.1. The van der Waals surface area contributed by atoms with Crippen LogP contribution in [0.3, 0.4) is 0 Å². The number of nitrogens with zero attached hydrogens (tertiary/aromatic N) is 3. The number of furan rings is 1. The molecule has 0 spiro atoms. The average Bonchev–Trinajstić information content (AvgIpc) is 3.24. The van der Waals surface area contributed by atoms with E-state index in [1.165, 1.54) is 6.26 Å². The number of carbonyl (C=O) groups is 1. The van der Waals surface area contributed by atoms with Gasteiger partial charge in [0, 0.05) is 33.2 Å². The first-order chi connectivity index (χ1) is 13.2. The normalized spacial score (nSPS) is 14.4. The maximum atomic E-state index is 12.3. The molecule has 3 rings (SSSR count). The Bertz CT molecular complexity index is 772. The van der Waals surface area contributed by atoms with Gasteiger partial charge in [0.1, 0.15) is 12.4 Å². The standard InChI is InChI=1S/C20H26N4O3.HI/c1-16-6-3-4-7-17(16)27-15-9-22-20(21-2)24-12-10-23(11-13-24)19(25)18-8-5-14-26-18;/h3-8,14H,9-13,15H2,1-2H3,(H,21,22);1H. The van der Waals surface area contributed by atoms with Gasteiger partial charge in [0.2, 0.25) is 0 Å². The van der Waals surface area contributed by atoms with E-state index in [2.05, 4.69) is 15.2 Å². The van der Waals surface area contributed by atoms with E-state index in [1.54, 1.807) is 19.2 Å². The Morgan fingerprint density at radius 2 is 1.86 bits per heavy atom. The molecule has 0 unspecified atom stereocenters. The lowest BCUT2D eigenvalue weighted by Gasteiger charge is -2.36. The van der Waals surface area contributed by atoms with Gasteiger partial charge in [-0.25, -0.2) is 0 Å². The number of carbonyl (C=O) groups excluding carboxylic acids is 1. The van der Waals surface area contributed by atoms with Gasteiger partial charge in [0.05, 0.1) is 12.8 Å². The number of hydrogen-bond acceptors (Lipinski definition) is 4. The van der Waals surface area contributed by atoms with Crippen molar-refractivity contribution in [2.75, 3.05) is 46.4 Å². The highest BCUT2D eigenvalue weighted by Crippen LogP contribution is 2.15. The average molecular weight is 498 g/mol. The quantitative estimate of drug-likeness (QED) is 0.297. The Morgan fingerprint density at radius 1 is 1.14 bits per heavy atom. The minimum absolute atomic E-state index is 0. The summed E-state index contributed by atoms with van der Waals surface area (Å²) in [6.45, 7) is 5.98. The molecule has 1 aliphatic rings. The lowest BCUT2D eigenvalue weighted by molar-refractivity contribution is 0.0657. The van der Waals surface area contributed by atoms with Gasteiger partial charge in [-0.05, 0) is 30.7 Å². The van der Waals surface area contributed by atoms with E-state index in [4.69, 9.17) is 9.15 Å². The number of aryl methyl sites for hydroxylation is 1. The van der Waals surface area contributed by atoms with Crippen LogP contribution in [0.15, 0.2) is 52.1 Å². The van der Waals surface area contributed by atoms with Crippen molar-refractivity contribution in [3.8, 4) is 5.75 Å². The zero-order chi connectivity index (χ0) is 19.1. The van der Waals surface area contributed by atoms with Crippen LogP contribution in [-0.2, 0) is 0 Å². The number of nitrogens with one attached hydrogen (secondary N) is 1. The van der Waals surface area contributed by atoms with Gasteiger partial charge in [-0.15, -0.1) is 24.0 Å². The third kappa shape index (κ3) is 5.63. The Morgan fingerprint density at radius 3 is 2.50 bits per heavy atom. The van der Waals surface area contributed by atoms with Gasteiger partial charge in [-0.2, -0.15) is 0 Å². The number of ether oxygens (including phenoxy) is 1. The van der Waals surface area contributed by atoms with Crippen molar-refractivity contribution in [1.82, 2.24) is 15.1 Å². The third-order valence-electron chi connectivity index (χ3n) is 4.55. The van der Waals surface area contributed by atoms with Crippen LogP contribution in [0.2, 0.25) is 0 Å². The third-order valence-corrected chi connectivity index (χ3v) is 4.55. The fourth-order valence-corrected chi connectivity index (χ4v) is 3.05. The summed E-state index contributed by atoms with van der Waals surface area (Å²) in [5.41, 5.74) is 1.12. The highest BCUT2D eigenvalue weighted by Gasteiger charge is 2.25. The molecule has 0 bridgehead atoms. The van der Waals surface area contributed by atoms with E-state index in [0.717, 1.165) is 30.4 Å². The van der Waals surface area contributed by atoms with Crippen molar-refractivity contribution in [3.63, 3.8) is 0 Å². The SMILES string of the molecule is CN=C(NCCOc1ccccc1C)N1CCN(C(=O)c2ccco2)CC1.I. The van der Waals surface area contributed by atoms with Crippen LogP contribution < -0.4 is 10.1 Å². The Labute approximate surface area is 182 Å². The lowest BCUT2D eigenvalue weighted by Crippen LogP contribution is -2.54. The number of benzene rings is 1. The monoisotopic (exact) mass is 498 g/mol. The summed E-state index contributed by atoms with van der Waals surface area (Å²) in [6, 6.07) is 11.4. The second-order valence-electron chi connectivity index (χ2n) is 6.34. The van der Waals surface area contributed by atoms with E-state index in [1.807, 2.05) is 36.1 Å². The number of para-hydroxylation sites is 1. The fourth-order valence-electron chi connectivity index (χ4n) is 3.05. The van der Waals surface area contributed by atoms with Crippen LogP contribution in [0.1, 0.15) is 16.1 Å². The van der Waals surface area contributed by atoms with Crippen LogP contribution in [-0.4, -0.2) is 68.0 Å². The Hall–Kier alpha value is -2.23. The maximum Gasteiger partial charge on any atom is 0.289 e. The van der Waals surface area contributed by atoms with Crippen molar-refractivity contribution >= 4 is 35.8 Å². The predicted octanol–water partition coefficient (Wildman–Crippen LogP) is 2.62. The molecule has 1 saturated heterocycles. The van der Waals surface area contributed by atoms with E-state index >= 15 is 0 Å². The molecule has 2 aromatic rings. The topological polar surface area (TPSA) is 70.3 Å². The van der Waals surface area contributed by atoms with Crippen molar-refractivity contribution in [3.05, 3.63) is 54.0 Å². The molecule has 0 radical (unpaired) electrons. The molecule has 7 nitrogen and oxygen atoms in total. The second-order valence-corrected chi connectivity index (χ2v) is 6.34. The molecule has 1 aliphatic heterocycles. The molecule has 1 aromatic carbocycles. The molecular weight excluding hydrogens is 471 g/mol. The van der Waals surface area contributed by atoms with Gasteiger partial charge >= 0.3 is 0 Å². The van der Waals surface area contributed by atoms with Crippen LogP contribution in [0.25, 0.3) is 0 Å². The summed E-state index contributed by atoms with van der Waals surface area (Å²) >= 11 is 0. The van der Waals surface area contributed by atoms with E-state index in [0.29, 0.717) is 32.0 Å². The summed E-state index contributed by atoms with van der Waals surface area (Å²) in [4.78, 5) is 20.6. The molecule has 0 atom stereocenters. The molecule has 0 aliphatic carbocycles. The number of guanidine groups is 1. The first-order valence-electron chi connectivity index (χ1n) is 9.16. The summed E-state index contributed by atoms with van der Waals surface area (Å²) in [6.07, 6.45) is 1.52. The second kappa shape index (κ2) is 10.9. The maximum absolute atomic E-state index is 12.3. The van der Waals surface area contributed by atoms with Crippen LogP contribution in [0, 0.1) is 6.92 Å². The molecule has 1 amide bonds. The Balaban J connectivity index is 0.00000280. The first-order valence-corrected chi connectivity index (χ1v) is 9.16. The molecule has 1 aromatic heterocycles. The van der Waals surface area contributed by atoms with Gasteiger partial charge in [0.15, 0.2) is 11.7 Å². The Kier molecular flexibility index (Phi) is 8.62. The molecule has 28 heavy (non-hydrogen) atoms. The van der Waals surface area contributed by atoms with Crippen LogP contribution >= 0.6 is 24.0 Å². The summed E-state index contributed by atoms with van der Waals surface area (Å²) < 4.78 is 11.0. The highest BCUT2D eigenvalue weighted by molar-refractivity contribution is 14.0. The number of aliphatic imine (C=N–C) groups is 1. The fraction of sp³-hybridized carbons (Fsp3) is 0.400. The molecule has 1 fully saturated rings. The van der Waals surface area contributed by atoms with Crippen LogP contribution in [0.5, 0.6) is 5.75 Å². The van der Waals surface area contributed by atoms with Gasteiger partial charge in [-0.1, -0.05) is 18.2 Å². The largest absolute Gasteiger partial charge is 0.491 e. The predicted molar refractivity (Wildman–Crippen MR) is 120 cm³/mol. The van der Waals surface area contributed by atoms with Crippen molar-refractivity contribution in [2.24, 2.45) is 4.99 Å². The molecule has 0 saturated carbocycles. The number of amides is 1. The molecular formula is C20H27IN4O3. The van der Waals surface area contributed by atoms with E-state index in [9.17, 15) is 4.79 Å². The number of hydrogen-bond donors (Lipinski definition) is 1. The summed E-state index contributed by atoms with van der Waals surface area (Å²) in [5, 5.41) is 3.33. The van der Waals surface area contributed by atoms with Crippen molar-refractivity contribution < 1.29 is 13.9 Å². The van der Waals surface area contributed by atoms with Gasteiger partial charge in [0.25, 0.3) is 5.91 Å². The van der Waals surface area contributed by atoms with Crippen molar-refractivity contribution in [1.29, 1.82) is 0 Å².